The molecule has 2 aromatic heterocycles. The maximum absolute atomic E-state index is 8.50. The largest absolute Gasteiger partial charge is 0.339 e. The van der Waals surface area contributed by atoms with Crippen molar-refractivity contribution < 1.29 is 4.52 Å². The van der Waals surface area contributed by atoms with Gasteiger partial charge in [0.05, 0.1) is 6.07 Å². The summed E-state index contributed by atoms with van der Waals surface area (Å²) in [7, 11) is 0. The number of aromatic nitrogens is 2. The molecule has 0 bridgehead atoms. The summed E-state index contributed by atoms with van der Waals surface area (Å²) in [5.74, 6) is 1.37. The van der Waals surface area contributed by atoms with Crippen LogP contribution < -0.4 is 0 Å². The number of hydrogen-bond donors (Lipinski definition) is 0. The summed E-state index contributed by atoms with van der Waals surface area (Å²) in [5, 5.41) is 16.4. The normalized spacial score (nSPS) is 12.2. The van der Waals surface area contributed by atoms with Crippen LogP contribution in [0.2, 0.25) is 0 Å². The van der Waals surface area contributed by atoms with Crippen molar-refractivity contribution in [3.63, 3.8) is 0 Å². The van der Waals surface area contributed by atoms with Crippen molar-refractivity contribution in [2.24, 2.45) is 0 Å². The van der Waals surface area contributed by atoms with Crippen molar-refractivity contribution >= 4 is 11.3 Å². The van der Waals surface area contributed by atoms with E-state index in [1.165, 1.54) is 0 Å². The number of thiophene rings is 1. The first-order valence-corrected chi connectivity index (χ1v) is 5.98. The fourth-order valence-electron chi connectivity index (χ4n) is 1.35. The number of rotatable bonds is 4. The van der Waals surface area contributed by atoms with Crippen LogP contribution in [-0.4, -0.2) is 10.1 Å². The molecular weight excluding hydrogens is 222 g/mol. The van der Waals surface area contributed by atoms with Crippen LogP contribution in [0.15, 0.2) is 21.3 Å². The van der Waals surface area contributed by atoms with Crippen molar-refractivity contribution in [1.29, 1.82) is 5.26 Å². The summed E-state index contributed by atoms with van der Waals surface area (Å²) in [5.41, 5.74) is 0.979. The quantitative estimate of drug-likeness (QED) is 0.813. The first-order valence-electron chi connectivity index (χ1n) is 5.04. The Morgan fingerprint density at radius 3 is 3.19 bits per heavy atom. The molecule has 82 valence electrons. The topological polar surface area (TPSA) is 62.7 Å². The Kier molecular flexibility index (Phi) is 3.32. The Labute approximate surface area is 97.5 Å². The zero-order valence-corrected chi connectivity index (χ0v) is 9.70. The van der Waals surface area contributed by atoms with E-state index >= 15 is 0 Å². The molecule has 0 N–H and O–H groups in total. The number of hydrogen-bond acceptors (Lipinski definition) is 5. The van der Waals surface area contributed by atoms with Gasteiger partial charge in [-0.2, -0.15) is 21.6 Å². The van der Waals surface area contributed by atoms with Gasteiger partial charge in [0.25, 0.3) is 0 Å². The molecule has 2 heterocycles. The van der Waals surface area contributed by atoms with E-state index in [4.69, 9.17) is 9.78 Å². The molecule has 0 amide bonds. The van der Waals surface area contributed by atoms with E-state index in [2.05, 4.69) is 16.2 Å². The minimum atomic E-state index is 0.138. The Morgan fingerprint density at radius 2 is 2.50 bits per heavy atom. The third kappa shape index (κ3) is 2.28. The van der Waals surface area contributed by atoms with E-state index in [9.17, 15) is 0 Å². The summed E-state index contributed by atoms with van der Waals surface area (Å²) >= 11 is 1.60. The Bertz CT molecular complexity index is 484. The van der Waals surface area contributed by atoms with E-state index in [1.54, 1.807) is 11.3 Å². The van der Waals surface area contributed by atoms with Crippen LogP contribution in [0.1, 0.15) is 31.6 Å². The van der Waals surface area contributed by atoms with Crippen molar-refractivity contribution in [3.05, 3.63) is 22.7 Å². The van der Waals surface area contributed by atoms with Crippen LogP contribution >= 0.6 is 11.3 Å². The SMILES string of the molecule is CC(CCC#N)c1nc(-c2ccsc2)no1. The highest BCUT2D eigenvalue weighted by Crippen LogP contribution is 2.23. The summed E-state index contributed by atoms with van der Waals surface area (Å²) in [6.07, 6.45) is 1.26. The lowest BCUT2D eigenvalue weighted by Gasteiger charge is -2.00. The highest BCUT2D eigenvalue weighted by atomic mass is 32.1. The molecule has 0 aliphatic heterocycles. The van der Waals surface area contributed by atoms with Crippen LogP contribution in [0.4, 0.5) is 0 Å². The molecular formula is C11H11N3OS. The Hall–Kier alpha value is -1.67. The van der Waals surface area contributed by atoms with Crippen molar-refractivity contribution in [2.75, 3.05) is 0 Å². The molecule has 1 unspecified atom stereocenters. The summed E-state index contributed by atoms with van der Waals surface area (Å²) in [4.78, 5) is 4.33. The van der Waals surface area contributed by atoms with E-state index in [0.29, 0.717) is 18.1 Å². The lowest BCUT2D eigenvalue weighted by molar-refractivity contribution is 0.355. The van der Waals surface area contributed by atoms with Crippen LogP contribution in [0.25, 0.3) is 11.4 Å². The van der Waals surface area contributed by atoms with Crippen molar-refractivity contribution in [3.8, 4) is 17.5 Å². The van der Waals surface area contributed by atoms with Gasteiger partial charge in [0.1, 0.15) is 0 Å². The van der Waals surface area contributed by atoms with Gasteiger partial charge in [-0.3, -0.25) is 0 Å². The van der Waals surface area contributed by atoms with Gasteiger partial charge >= 0.3 is 0 Å². The molecule has 0 saturated carbocycles. The van der Waals surface area contributed by atoms with Crippen molar-refractivity contribution in [1.82, 2.24) is 10.1 Å². The van der Waals surface area contributed by atoms with Gasteiger partial charge in [-0.15, -0.1) is 0 Å². The standard InChI is InChI=1S/C11H11N3OS/c1-8(3-2-5-12)11-13-10(14-15-11)9-4-6-16-7-9/h4,6-8H,2-3H2,1H3. The third-order valence-corrected chi connectivity index (χ3v) is 3.02. The van der Waals surface area contributed by atoms with E-state index in [0.717, 1.165) is 12.0 Å². The second-order valence-electron chi connectivity index (χ2n) is 3.57. The average molecular weight is 233 g/mol. The second-order valence-corrected chi connectivity index (χ2v) is 4.35. The molecule has 16 heavy (non-hydrogen) atoms. The smallest absolute Gasteiger partial charge is 0.229 e. The second kappa shape index (κ2) is 4.90. The molecule has 5 heteroatoms. The molecule has 2 aromatic rings. The van der Waals surface area contributed by atoms with Gasteiger partial charge in [0.2, 0.25) is 11.7 Å². The van der Waals surface area contributed by atoms with E-state index < -0.39 is 0 Å². The lowest BCUT2D eigenvalue weighted by Crippen LogP contribution is -1.93. The monoisotopic (exact) mass is 233 g/mol. The fraction of sp³-hybridized carbons (Fsp3) is 0.364. The average Bonchev–Trinajstić information content (AvgIpc) is 2.94. The summed E-state index contributed by atoms with van der Waals surface area (Å²) in [6.45, 7) is 1.99. The maximum Gasteiger partial charge on any atom is 0.229 e. The zero-order valence-electron chi connectivity index (χ0n) is 8.88. The highest BCUT2D eigenvalue weighted by Gasteiger charge is 2.14. The van der Waals surface area contributed by atoms with Gasteiger partial charge in [0.15, 0.2) is 0 Å². The number of nitrogens with zero attached hydrogens (tertiary/aromatic N) is 3. The molecule has 4 nitrogen and oxygen atoms in total. The summed E-state index contributed by atoms with van der Waals surface area (Å²) < 4.78 is 5.18. The minimum Gasteiger partial charge on any atom is -0.339 e. The zero-order chi connectivity index (χ0) is 11.4. The minimum absolute atomic E-state index is 0.138. The van der Waals surface area contributed by atoms with Gasteiger partial charge in [0, 0.05) is 23.3 Å². The van der Waals surface area contributed by atoms with Crippen LogP contribution in [0.3, 0.4) is 0 Å². The first-order chi connectivity index (χ1) is 7.81. The molecule has 0 saturated heterocycles. The molecule has 0 spiro atoms. The van der Waals surface area contributed by atoms with Crippen LogP contribution in [0.5, 0.6) is 0 Å². The van der Waals surface area contributed by atoms with E-state index in [1.807, 2.05) is 23.8 Å². The van der Waals surface area contributed by atoms with Gasteiger partial charge in [-0.1, -0.05) is 12.1 Å². The molecule has 2 rings (SSSR count). The molecule has 0 aromatic carbocycles. The van der Waals surface area contributed by atoms with Crippen LogP contribution in [-0.2, 0) is 0 Å². The first kappa shape index (κ1) is 10.8. The van der Waals surface area contributed by atoms with Gasteiger partial charge in [-0.05, 0) is 17.9 Å². The third-order valence-electron chi connectivity index (χ3n) is 2.33. The van der Waals surface area contributed by atoms with Gasteiger partial charge in [-0.25, -0.2) is 0 Å². The maximum atomic E-state index is 8.50. The molecule has 0 fully saturated rings. The van der Waals surface area contributed by atoms with Crippen LogP contribution in [0, 0.1) is 11.3 Å². The summed E-state index contributed by atoms with van der Waals surface area (Å²) in [6, 6.07) is 4.07. The molecule has 0 radical (unpaired) electrons. The lowest BCUT2D eigenvalue weighted by atomic mass is 10.1. The number of nitriles is 1. The molecule has 0 aliphatic carbocycles. The molecule has 1 atom stereocenters. The predicted molar refractivity (Wildman–Crippen MR) is 60.9 cm³/mol. The molecule has 0 aliphatic rings. The fourth-order valence-corrected chi connectivity index (χ4v) is 1.98. The van der Waals surface area contributed by atoms with Gasteiger partial charge < -0.3 is 4.52 Å². The van der Waals surface area contributed by atoms with E-state index in [-0.39, 0.29) is 5.92 Å². The predicted octanol–water partition coefficient (Wildman–Crippen LogP) is 3.21. The Morgan fingerprint density at radius 1 is 1.62 bits per heavy atom. The van der Waals surface area contributed by atoms with Crippen molar-refractivity contribution in [2.45, 2.75) is 25.7 Å². The highest BCUT2D eigenvalue weighted by molar-refractivity contribution is 7.08. The Balaban J connectivity index is 2.11.